The van der Waals surface area contributed by atoms with E-state index >= 15 is 0 Å². The second-order valence-electron chi connectivity index (χ2n) is 7.49. The molecule has 0 aromatic heterocycles. The van der Waals surface area contributed by atoms with Gasteiger partial charge < -0.3 is 19.9 Å². The Labute approximate surface area is 135 Å². The number of cyclic esters (lactones) is 2. The molecule has 1 saturated carbocycles. The minimum absolute atomic E-state index is 0.0660. The second-order valence-corrected chi connectivity index (χ2v) is 7.49. The summed E-state index contributed by atoms with van der Waals surface area (Å²) in [6.07, 6.45) is 1.87. The fourth-order valence-corrected chi connectivity index (χ4v) is 3.72. The Morgan fingerprint density at radius 2 is 1.61 bits per heavy atom. The summed E-state index contributed by atoms with van der Waals surface area (Å²) in [5, 5.41) is 11.3. The third-order valence-electron chi connectivity index (χ3n) is 5.02. The lowest BCUT2D eigenvalue weighted by molar-refractivity contribution is -0.247. The Morgan fingerprint density at radius 3 is 2.04 bits per heavy atom. The van der Waals surface area contributed by atoms with Crippen molar-refractivity contribution in [1.29, 1.82) is 0 Å². The van der Waals surface area contributed by atoms with Crippen LogP contribution in [-0.4, -0.2) is 35.0 Å². The molecule has 2 N–H and O–H groups in total. The highest BCUT2D eigenvalue weighted by Gasteiger charge is 2.53. The maximum absolute atomic E-state index is 12.3. The molecule has 2 aliphatic rings. The van der Waals surface area contributed by atoms with Gasteiger partial charge in [0.1, 0.15) is 0 Å². The van der Waals surface area contributed by atoms with Crippen LogP contribution in [0.5, 0.6) is 0 Å². The van der Waals surface area contributed by atoms with Crippen molar-refractivity contribution >= 4 is 18.0 Å². The minimum atomic E-state index is -1.22. The van der Waals surface area contributed by atoms with Crippen molar-refractivity contribution in [3.05, 3.63) is 0 Å². The lowest BCUT2D eigenvalue weighted by Gasteiger charge is -2.45. The zero-order valence-corrected chi connectivity index (χ0v) is 14.0. The van der Waals surface area contributed by atoms with E-state index in [1.165, 1.54) is 13.8 Å². The van der Waals surface area contributed by atoms with Gasteiger partial charge in [-0.3, -0.25) is 9.59 Å². The van der Waals surface area contributed by atoms with Crippen LogP contribution in [0.4, 0.5) is 4.79 Å². The van der Waals surface area contributed by atoms with Gasteiger partial charge in [-0.2, -0.15) is 0 Å². The van der Waals surface area contributed by atoms with E-state index in [0.29, 0.717) is 12.8 Å². The molecule has 1 aliphatic carbocycles. The van der Waals surface area contributed by atoms with Crippen molar-refractivity contribution < 1.29 is 29.0 Å². The van der Waals surface area contributed by atoms with Gasteiger partial charge in [0.25, 0.3) is 5.79 Å². The second kappa shape index (κ2) is 6.02. The topological polar surface area (TPSA) is 102 Å². The number of ether oxygens (including phenoxy) is 2. The van der Waals surface area contributed by atoms with Crippen molar-refractivity contribution in [1.82, 2.24) is 5.32 Å². The molecule has 1 heterocycles. The first-order chi connectivity index (χ1) is 10.5. The SMILES string of the molecule is CC1(C)OC(=O)C(C(C)(C)C2CCC(NC(=O)O)CC2)C(=O)O1. The third kappa shape index (κ3) is 3.76. The van der Waals surface area contributed by atoms with Crippen molar-refractivity contribution in [3.63, 3.8) is 0 Å². The number of hydrogen-bond acceptors (Lipinski definition) is 5. The number of rotatable bonds is 3. The molecule has 2 rings (SSSR count). The zero-order chi connectivity index (χ0) is 17.4. The van der Waals surface area contributed by atoms with Gasteiger partial charge in [-0.25, -0.2) is 4.79 Å². The van der Waals surface area contributed by atoms with E-state index < -0.39 is 35.2 Å². The lowest BCUT2D eigenvalue weighted by atomic mass is 9.63. The summed E-state index contributed by atoms with van der Waals surface area (Å²) in [4.78, 5) is 35.3. The standard InChI is InChI=1S/C16H25NO6/c1-15(2,9-5-7-10(8-6-9)17-14(20)21)11-12(18)22-16(3,4)23-13(11)19/h9-11,17H,5-8H2,1-4H3,(H,20,21). The molecule has 1 aliphatic heterocycles. The zero-order valence-electron chi connectivity index (χ0n) is 14.0. The molecule has 0 spiro atoms. The minimum Gasteiger partial charge on any atom is -0.465 e. The maximum Gasteiger partial charge on any atom is 0.404 e. The van der Waals surface area contributed by atoms with E-state index in [1.54, 1.807) is 0 Å². The largest absolute Gasteiger partial charge is 0.465 e. The summed E-state index contributed by atoms with van der Waals surface area (Å²) >= 11 is 0. The van der Waals surface area contributed by atoms with E-state index in [2.05, 4.69) is 5.32 Å². The van der Waals surface area contributed by atoms with Crippen LogP contribution in [0.15, 0.2) is 0 Å². The van der Waals surface area contributed by atoms with Crippen LogP contribution in [0, 0.1) is 17.3 Å². The Morgan fingerprint density at radius 1 is 1.13 bits per heavy atom. The van der Waals surface area contributed by atoms with Gasteiger partial charge in [0.2, 0.25) is 0 Å². The first-order valence-electron chi connectivity index (χ1n) is 7.98. The van der Waals surface area contributed by atoms with Gasteiger partial charge in [-0.1, -0.05) is 13.8 Å². The monoisotopic (exact) mass is 327 g/mol. The Hall–Kier alpha value is -1.79. The molecule has 0 radical (unpaired) electrons. The van der Waals surface area contributed by atoms with Crippen molar-refractivity contribution in [2.45, 2.75) is 65.2 Å². The van der Waals surface area contributed by atoms with E-state index in [4.69, 9.17) is 14.6 Å². The molecule has 7 heteroatoms. The Kier molecular flexibility index (Phi) is 4.59. The van der Waals surface area contributed by atoms with Crippen LogP contribution in [0.1, 0.15) is 53.4 Å². The molecule has 0 atom stereocenters. The Balaban J connectivity index is 2.06. The van der Waals surface area contributed by atoms with Crippen LogP contribution in [0.3, 0.4) is 0 Å². The Bertz CT molecular complexity index is 485. The molecular formula is C16H25NO6. The maximum atomic E-state index is 12.3. The molecule has 1 amide bonds. The first-order valence-corrected chi connectivity index (χ1v) is 7.98. The summed E-state index contributed by atoms with van der Waals surface area (Å²) < 4.78 is 10.5. The average Bonchev–Trinajstić information content (AvgIpc) is 2.35. The highest BCUT2D eigenvalue weighted by molar-refractivity contribution is 5.97. The highest BCUT2D eigenvalue weighted by Crippen LogP contribution is 2.46. The summed E-state index contributed by atoms with van der Waals surface area (Å²) in [6, 6.07) is -0.0660. The summed E-state index contributed by atoms with van der Waals surface area (Å²) in [5.74, 6) is -3.11. The van der Waals surface area contributed by atoms with Gasteiger partial charge in [0.05, 0.1) is 0 Å². The highest BCUT2D eigenvalue weighted by atomic mass is 16.7. The third-order valence-corrected chi connectivity index (χ3v) is 5.02. The number of carbonyl (C=O) groups excluding carboxylic acids is 2. The molecular weight excluding hydrogens is 302 g/mol. The summed E-state index contributed by atoms with van der Waals surface area (Å²) in [5.41, 5.74) is -0.598. The number of nitrogens with one attached hydrogen (secondary N) is 1. The van der Waals surface area contributed by atoms with Crippen molar-refractivity contribution in [2.75, 3.05) is 0 Å². The van der Waals surface area contributed by atoms with E-state index in [0.717, 1.165) is 12.8 Å². The van der Waals surface area contributed by atoms with Gasteiger partial charge in [0, 0.05) is 19.9 Å². The normalized spacial score (nSPS) is 28.7. The van der Waals surface area contributed by atoms with Crippen LogP contribution in [-0.2, 0) is 19.1 Å². The van der Waals surface area contributed by atoms with Crippen molar-refractivity contribution in [3.8, 4) is 0 Å². The molecule has 0 aromatic carbocycles. The summed E-state index contributed by atoms with van der Waals surface area (Å²) in [6.45, 7) is 6.84. The smallest absolute Gasteiger partial charge is 0.404 e. The van der Waals surface area contributed by atoms with Gasteiger partial charge in [-0.05, 0) is 37.0 Å². The average molecular weight is 327 g/mol. The number of carbonyl (C=O) groups is 3. The van der Waals surface area contributed by atoms with Crippen LogP contribution in [0.2, 0.25) is 0 Å². The van der Waals surface area contributed by atoms with Gasteiger partial charge >= 0.3 is 18.0 Å². The number of hydrogen-bond donors (Lipinski definition) is 2. The predicted octanol–water partition coefficient (Wildman–Crippen LogP) is 2.29. The molecule has 23 heavy (non-hydrogen) atoms. The molecule has 0 aromatic rings. The molecule has 2 fully saturated rings. The van der Waals surface area contributed by atoms with E-state index in [9.17, 15) is 14.4 Å². The molecule has 0 unspecified atom stereocenters. The van der Waals surface area contributed by atoms with E-state index in [1.807, 2.05) is 13.8 Å². The van der Waals surface area contributed by atoms with Crippen LogP contribution >= 0.6 is 0 Å². The fourth-order valence-electron chi connectivity index (χ4n) is 3.72. The van der Waals surface area contributed by atoms with Gasteiger partial charge in [-0.15, -0.1) is 0 Å². The molecule has 0 bridgehead atoms. The van der Waals surface area contributed by atoms with Crippen molar-refractivity contribution in [2.24, 2.45) is 17.3 Å². The van der Waals surface area contributed by atoms with Crippen LogP contribution in [0.25, 0.3) is 0 Å². The van der Waals surface area contributed by atoms with Crippen LogP contribution < -0.4 is 5.32 Å². The predicted molar refractivity (Wildman–Crippen MR) is 80.4 cm³/mol. The first kappa shape index (κ1) is 17.6. The quantitative estimate of drug-likeness (QED) is 0.609. The molecule has 7 nitrogen and oxygen atoms in total. The number of esters is 2. The molecule has 1 saturated heterocycles. The number of carboxylic acid groups (broad SMARTS) is 1. The van der Waals surface area contributed by atoms with Gasteiger partial charge in [0.15, 0.2) is 5.92 Å². The van der Waals surface area contributed by atoms with E-state index in [-0.39, 0.29) is 12.0 Å². The number of amides is 1. The fraction of sp³-hybridized carbons (Fsp3) is 0.812. The molecule has 130 valence electrons. The summed E-state index contributed by atoms with van der Waals surface area (Å²) in [7, 11) is 0. The lowest BCUT2D eigenvalue weighted by Crippen LogP contribution is -2.53.